The summed E-state index contributed by atoms with van der Waals surface area (Å²) in [4.78, 5) is 0. The predicted molar refractivity (Wildman–Crippen MR) is 79.2 cm³/mol. The lowest BCUT2D eigenvalue weighted by molar-refractivity contribution is 0.261. The van der Waals surface area contributed by atoms with Crippen LogP contribution >= 0.6 is 0 Å². The van der Waals surface area contributed by atoms with Crippen molar-refractivity contribution < 1.29 is 18.9 Å². The first-order valence-electron chi connectivity index (χ1n) is 7.32. The smallest absolute Gasteiger partial charge is 0.127 e. The largest absolute Gasteiger partial charge is 0.490 e. The maximum atomic E-state index is 5.89. The summed E-state index contributed by atoms with van der Waals surface area (Å²) < 4.78 is 22.1. The van der Waals surface area contributed by atoms with Gasteiger partial charge >= 0.3 is 0 Å². The summed E-state index contributed by atoms with van der Waals surface area (Å²) in [5, 5.41) is 2.17. The van der Waals surface area contributed by atoms with E-state index in [-0.39, 0.29) is 12.2 Å². The van der Waals surface area contributed by atoms with Crippen LogP contribution in [0.2, 0.25) is 0 Å². The minimum atomic E-state index is 0.257. The highest BCUT2D eigenvalue weighted by molar-refractivity contribution is 5.93. The van der Waals surface area contributed by atoms with Crippen molar-refractivity contribution >= 4 is 10.8 Å². The van der Waals surface area contributed by atoms with Gasteiger partial charge in [0.2, 0.25) is 0 Å². The van der Waals surface area contributed by atoms with Crippen LogP contribution in [0.1, 0.15) is 5.56 Å². The van der Waals surface area contributed by atoms with Crippen molar-refractivity contribution in [1.29, 1.82) is 0 Å². The highest BCUT2D eigenvalue weighted by Gasteiger charge is 2.25. The summed E-state index contributed by atoms with van der Waals surface area (Å²) >= 11 is 0. The standard InChI is InChI=1S/C17H18O4/c1-11-2-3-14-15(6-11)17(21-10-13-8-19-13)5-4-16(14)20-9-12-7-18-12/h2-6,12-13H,7-10H2,1H3. The molecule has 2 unspecified atom stereocenters. The lowest BCUT2D eigenvalue weighted by Crippen LogP contribution is -2.06. The number of ether oxygens (including phenoxy) is 4. The second-order valence-corrected chi connectivity index (χ2v) is 5.64. The summed E-state index contributed by atoms with van der Waals surface area (Å²) in [5.74, 6) is 1.77. The van der Waals surface area contributed by atoms with E-state index < -0.39 is 0 Å². The zero-order valence-electron chi connectivity index (χ0n) is 12.0. The molecule has 21 heavy (non-hydrogen) atoms. The highest BCUT2D eigenvalue weighted by atomic mass is 16.6. The third kappa shape index (κ3) is 2.96. The van der Waals surface area contributed by atoms with Crippen LogP contribution in [0.15, 0.2) is 30.3 Å². The van der Waals surface area contributed by atoms with Gasteiger partial charge in [-0.25, -0.2) is 0 Å². The van der Waals surface area contributed by atoms with Crippen LogP contribution in [0, 0.1) is 6.92 Å². The topological polar surface area (TPSA) is 43.5 Å². The van der Waals surface area contributed by atoms with Crippen LogP contribution in [0.4, 0.5) is 0 Å². The molecule has 0 spiro atoms. The second-order valence-electron chi connectivity index (χ2n) is 5.64. The van der Waals surface area contributed by atoms with Gasteiger partial charge in [0, 0.05) is 10.8 Å². The minimum Gasteiger partial charge on any atom is -0.490 e. The van der Waals surface area contributed by atoms with Crippen molar-refractivity contribution in [2.24, 2.45) is 0 Å². The number of benzene rings is 2. The molecule has 0 saturated carbocycles. The maximum Gasteiger partial charge on any atom is 0.127 e. The molecule has 2 aliphatic heterocycles. The Hall–Kier alpha value is -1.78. The molecule has 110 valence electrons. The van der Waals surface area contributed by atoms with E-state index in [1.807, 2.05) is 12.1 Å². The SMILES string of the molecule is Cc1ccc2c(OCC3CO3)ccc(OCC3CO3)c2c1. The monoisotopic (exact) mass is 286 g/mol. The fourth-order valence-electron chi connectivity index (χ4n) is 2.35. The number of aryl methyl sites for hydroxylation is 1. The lowest BCUT2D eigenvalue weighted by atomic mass is 10.1. The minimum absolute atomic E-state index is 0.257. The van der Waals surface area contributed by atoms with Gasteiger partial charge in [0.1, 0.15) is 36.9 Å². The molecule has 0 radical (unpaired) electrons. The maximum absolute atomic E-state index is 5.89. The van der Waals surface area contributed by atoms with Crippen molar-refractivity contribution in [3.63, 3.8) is 0 Å². The van der Waals surface area contributed by atoms with Crippen LogP contribution in [-0.4, -0.2) is 38.6 Å². The molecule has 2 fully saturated rings. The first-order valence-corrected chi connectivity index (χ1v) is 7.32. The molecule has 2 heterocycles. The molecule has 4 heteroatoms. The third-order valence-electron chi connectivity index (χ3n) is 3.75. The van der Waals surface area contributed by atoms with Crippen molar-refractivity contribution in [3.8, 4) is 11.5 Å². The first kappa shape index (κ1) is 12.9. The molecular formula is C17H18O4. The van der Waals surface area contributed by atoms with E-state index in [0.717, 1.165) is 35.5 Å². The Morgan fingerprint density at radius 1 is 0.905 bits per heavy atom. The van der Waals surface area contributed by atoms with E-state index in [1.165, 1.54) is 5.56 Å². The molecule has 0 amide bonds. The number of fused-ring (bicyclic) bond motifs is 1. The Bertz CT molecular complexity index is 659. The molecule has 2 saturated heterocycles. The molecule has 0 bridgehead atoms. The fourth-order valence-corrected chi connectivity index (χ4v) is 2.35. The van der Waals surface area contributed by atoms with Gasteiger partial charge < -0.3 is 18.9 Å². The fraction of sp³-hybridized carbons (Fsp3) is 0.412. The zero-order chi connectivity index (χ0) is 14.2. The van der Waals surface area contributed by atoms with Crippen molar-refractivity contribution in [2.75, 3.05) is 26.4 Å². The Morgan fingerprint density at radius 3 is 2.05 bits per heavy atom. The number of hydrogen-bond acceptors (Lipinski definition) is 4. The molecule has 0 N–H and O–H groups in total. The molecule has 2 aliphatic rings. The van der Waals surface area contributed by atoms with Crippen molar-refractivity contribution in [3.05, 3.63) is 35.9 Å². The number of epoxide rings is 2. The summed E-state index contributed by atoms with van der Waals surface area (Å²) in [6.07, 6.45) is 0.515. The Morgan fingerprint density at radius 2 is 1.48 bits per heavy atom. The number of rotatable bonds is 6. The number of hydrogen-bond donors (Lipinski definition) is 0. The normalized spacial score (nSPS) is 23.1. The Balaban J connectivity index is 1.65. The van der Waals surface area contributed by atoms with Gasteiger partial charge in [0.25, 0.3) is 0 Å². The molecule has 2 aromatic carbocycles. The molecule has 4 nitrogen and oxygen atoms in total. The van der Waals surface area contributed by atoms with Gasteiger partial charge in [-0.05, 0) is 25.1 Å². The van der Waals surface area contributed by atoms with E-state index >= 15 is 0 Å². The molecule has 4 rings (SSSR count). The summed E-state index contributed by atoms with van der Waals surface area (Å²) in [5.41, 5.74) is 1.21. The lowest BCUT2D eigenvalue weighted by Gasteiger charge is -2.13. The summed E-state index contributed by atoms with van der Waals surface area (Å²) in [7, 11) is 0. The molecule has 0 aliphatic carbocycles. The van der Waals surface area contributed by atoms with E-state index in [2.05, 4.69) is 25.1 Å². The van der Waals surface area contributed by atoms with Gasteiger partial charge in [-0.3, -0.25) is 0 Å². The predicted octanol–water partition coefficient (Wildman–Crippen LogP) is 2.70. The molecule has 2 aromatic rings. The zero-order valence-corrected chi connectivity index (χ0v) is 12.0. The van der Waals surface area contributed by atoms with E-state index in [9.17, 15) is 0 Å². The first-order chi connectivity index (χ1) is 10.3. The summed E-state index contributed by atoms with van der Waals surface area (Å²) in [6.45, 7) is 4.91. The molecule has 0 aromatic heterocycles. The highest BCUT2D eigenvalue weighted by Crippen LogP contribution is 2.34. The van der Waals surface area contributed by atoms with Gasteiger partial charge in [0.05, 0.1) is 13.2 Å². The van der Waals surface area contributed by atoms with Crippen LogP contribution in [0.25, 0.3) is 10.8 Å². The Kier molecular flexibility index (Phi) is 3.20. The molecular weight excluding hydrogens is 268 g/mol. The average molecular weight is 286 g/mol. The van der Waals surface area contributed by atoms with Gasteiger partial charge in [0.15, 0.2) is 0 Å². The van der Waals surface area contributed by atoms with Gasteiger partial charge in [-0.15, -0.1) is 0 Å². The second kappa shape index (κ2) is 5.20. The average Bonchev–Trinajstić information content (AvgIpc) is 3.37. The van der Waals surface area contributed by atoms with E-state index in [1.54, 1.807) is 0 Å². The van der Waals surface area contributed by atoms with Crippen molar-refractivity contribution in [1.82, 2.24) is 0 Å². The van der Waals surface area contributed by atoms with E-state index in [4.69, 9.17) is 18.9 Å². The molecule has 2 atom stereocenters. The van der Waals surface area contributed by atoms with Crippen LogP contribution in [-0.2, 0) is 9.47 Å². The van der Waals surface area contributed by atoms with Crippen LogP contribution < -0.4 is 9.47 Å². The van der Waals surface area contributed by atoms with Crippen LogP contribution in [0.3, 0.4) is 0 Å². The van der Waals surface area contributed by atoms with Crippen LogP contribution in [0.5, 0.6) is 11.5 Å². The summed E-state index contributed by atoms with van der Waals surface area (Å²) in [6, 6.07) is 10.3. The quantitative estimate of drug-likeness (QED) is 0.766. The Labute approximate surface area is 123 Å². The van der Waals surface area contributed by atoms with Crippen molar-refractivity contribution in [2.45, 2.75) is 19.1 Å². The van der Waals surface area contributed by atoms with Gasteiger partial charge in [-0.1, -0.05) is 17.7 Å². The van der Waals surface area contributed by atoms with E-state index in [0.29, 0.717) is 13.2 Å². The third-order valence-corrected chi connectivity index (χ3v) is 3.75. The van der Waals surface area contributed by atoms with Gasteiger partial charge in [-0.2, -0.15) is 0 Å².